The minimum absolute atomic E-state index is 0.121. The number of fused-ring (bicyclic) bond motifs is 1. The first-order valence-electron chi connectivity index (χ1n) is 11.3. The first kappa shape index (κ1) is 24.6. The average molecular weight is 469 g/mol. The number of hydrogen-bond donors (Lipinski definition) is 1. The second kappa shape index (κ2) is 11.7. The minimum atomic E-state index is -3.46. The van der Waals surface area contributed by atoms with Crippen LogP contribution in [0.2, 0.25) is 0 Å². The van der Waals surface area contributed by atoms with Crippen molar-refractivity contribution in [3.63, 3.8) is 0 Å². The normalized spacial score (nSPS) is 11.3. The van der Waals surface area contributed by atoms with Crippen molar-refractivity contribution in [2.75, 3.05) is 30.3 Å². The lowest BCUT2D eigenvalue weighted by Crippen LogP contribution is -2.32. The number of ether oxygens (including phenoxy) is 1. The summed E-state index contributed by atoms with van der Waals surface area (Å²) >= 11 is 0. The van der Waals surface area contributed by atoms with E-state index in [4.69, 9.17) is 4.74 Å². The van der Waals surface area contributed by atoms with Gasteiger partial charge in [-0.25, -0.2) is 8.42 Å². The van der Waals surface area contributed by atoms with Crippen LogP contribution in [0.25, 0.3) is 10.8 Å². The number of amides is 1. The number of sulfonamides is 1. The van der Waals surface area contributed by atoms with E-state index in [0.29, 0.717) is 25.3 Å². The van der Waals surface area contributed by atoms with Crippen LogP contribution in [0, 0.1) is 0 Å². The Bertz CT molecular complexity index is 1160. The van der Waals surface area contributed by atoms with Gasteiger partial charge in [0.05, 0.1) is 18.5 Å². The first-order valence-corrected chi connectivity index (χ1v) is 13.2. The fourth-order valence-corrected chi connectivity index (χ4v) is 4.65. The molecule has 7 heteroatoms. The molecule has 6 nitrogen and oxygen atoms in total. The third kappa shape index (κ3) is 7.49. The summed E-state index contributed by atoms with van der Waals surface area (Å²) in [5.74, 6) is 0.659. The van der Waals surface area contributed by atoms with E-state index in [1.807, 2.05) is 48.5 Å². The van der Waals surface area contributed by atoms with Crippen molar-refractivity contribution in [1.29, 1.82) is 0 Å². The molecule has 3 aromatic rings. The molecule has 0 unspecified atom stereocenters. The Morgan fingerprint density at radius 1 is 1.00 bits per heavy atom. The van der Waals surface area contributed by atoms with Gasteiger partial charge in [-0.15, -0.1) is 0 Å². The van der Waals surface area contributed by atoms with Crippen molar-refractivity contribution < 1.29 is 17.9 Å². The highest BCUT2D eigenvalue weighted by Crippen LogP contribution is 2.24. The first-order chi connectivity index (χ1) is 15.9. The predicted molar refractivity (Wildman–Crippen MR) is 134 cm³/mol. The van der Waals surface area contributed by atoms with Gasteiger partial charge in [0.2, 0.25) is 15.9 Å². The van der Waals surface area contributed by atoms with Gasteiger partial charge in [-0.2, -0.15) is 0 Å². The third-order valence-electron chi connectivity index (χ3n) is 5.34. The molecule has 0 aliphatic rings. The van der Waals surface area contributed by atoms with E-state index >= 15 is 0 Å². The van der Waals surface area contributed by atoms with E-state index in [0.717, 1.165) is 29.4 Å². The number of aryl methyl sites for hydroxylation is 1. The molecule has 3 aromatic carbocycles. The molecular weight excluding hydrogens is 436 g/mol. The molecule has 0 saturated heterocycles. The van der Waals surface area contributed by atoms with E-state index in [2.05, 4.69) is 24.4 Å². The van der Waals surface area contributed by atoms with Crippen molar-refractivity contribution in [2.24, 2.45) is 0 Å². The van der Waals surface area contributed by atoms with Gasteiger partial charge in [0.25, 0.3) is 0 Å². The maximum Gasteiger partial charge on any atom is 0.232 e. The molecule has 0 aliphatic heterocycles. The molecule has 0 aromatic heterocycles. The van der Waals surface area contributed by atoms with Crippen LogP contribution in [0.3, 0.4) is 0 Å². The summed E-state index contributed by atoms with van der Waals surface area (Å²) < 4.78 is 31.7. The zero-order chi connectivity index (χ0) is 23.7. The summed E-state index contributed by atoms with van der Waals surface area (Å²) in [6.07, 6.45) is 4.01. The van der Waals surface area contributed by atoms with Gasteiger partial charge in [0.15, 0.2) is 0 Å². The van der Waals surface area contributed by atoms with Crippen LogP contribution in [0.4, 0.5) is 5.69 Å². The summed E-state index contributed by atoms with van der Waals surface area (Å²) in [5.41, 5.74) is 1.89. The molecule has 0 bridgehead atoms. The monoisotopic (exact) mass is 468 g/mol. The molecule has 0 radical (unpaired) electrons. The van der Waals surface area contributed by atoms with Crippen LogP contribution in [0.1, 0.15) is 31.7 Å². The molecule has 3 rings (SSSR count). The summed E-state index contributed by atoms with van der Waals surface area (Å²) in [7, 11) is -3.46. The number of carbonyl (C=O) groups excluding carboxylic acids is 1. The summed E-state index contributed by atoms with van der Waals surface area (Å²) in [4.78, 5) is 12.2. The Morgan fingerprint density at radius 3 is 2.42 bits per heavy atom. The molecule has 0 heterocycles. The molecule has 0 atom stereocenters. The van der Waals surface area contributed by atoms with Gasteiger partial charge in [-0.3, -0.25) is 9.10 Å². The second-order valence-electron chi connectivity index (χ2n) is 8.06. The Balaban J connectivity index is 1.44. The average Bonchev–Trinajstić information content (AvgIpc) is 2.80. The van der Waals surface area contributed by atoms with Crippen LogP contribution in [-0.4, -0.2) is 40.3 Å². The third-order valence-corrected chi connectivity index (χ3v) is 6.54. The smallest absolute Gasteiger partial charge is 0.232 e. The fraction of sp³-hybridized carbons (Fsp3) is 0.346. The van der Waals surface area contributed by atoms with E-state index in [-0.39, 0.29) is 18.9 Å². The van der Waals surface area contributed by atoms with Gasteiger partial charge >= 0.3 is 0 Å². The zero-order valence-electron chi connectivity index (χ0n) is 19.3. The molecule has 0 aliphatic carbocycles. The highest BCUT2D eigenvalue weighted by atomic mass is 32.2. The van der Waals surface area contributed by atoms with E-state index in [9.17, 15) is 13.2 Å². The Labute approximate surface area is 196 Å². The number of nitrogens with zero attached hydrogens (tertiary/aromatic N) is 1. The fourth-order valence-electron chi connectivity index (χ4n) is 3.69. The number of hydrogen-bond acceptors (Lipinski definition) is 4. The van der Waals surface area contributed by atoms with Gasteiger partial charge in [-0.1, -0.05) is 55.8 Å². The van der Waals surface area contributed by atoms with E-state index < -0.39 is 10.0 Å². The highest BCUT2D eigenvalue weighted by Gasteiger charge is 2.18. The molecule has 0 spiro atoms. The molecule has 0 saturated carbocycles. The van der Waals surface area contributed by atoms with Crippen LogP contribution in [-0.2, 0) is 21.2 Å². The van der Waals surface area contributed by atoms with Gasteiger partial charge in [0.1, 0.15) is 12.4 Å². The van der Waals surface area contributed by atoms with Gasteiger partial charge in [0, 0.05) is 13.0 Å². The maximum absolute atomic E-state index is 12.4. The number of anilines is 1. The summed E-state index contributed by atoms with van der Waals surface area (Å²) in [5, 5.41) is 4.85. The highest BCUT2D eigenvalue weighted by molar-refractivity contribution is 7.92. The standard InChI is InChI=1S/C26H32N2O4S/c1-3-7-21-11-15-25(16-12-21)32-19-17-27-26(29)10-6-18-28(33(2,30)31)24-14-13-22-8-4-5-9-23(22)20-24/h4-5,8-9,11-16,20H,3,6-7,10,17-19H2,1-2H3,(H,27,29). The van der Waals surface area contributed by atoms with E-state index in [1.54, 1.807) is 6.07 Å². The number of nitrogens with one attached hydrogen (secondary N) is 1. The van der Waals surface area contributed by atoms with E-state index in [1.165, 1.54) is 16.1 Å². The lowest BCUT2D eigenvalue weighted by Gasteiger charge is -2.22. The zero-order valence-corrected chi connectivity index (χ0v) is 20.1. The number of benzene rings is 3. The molecule has 0 fully saturated rings. The Kier molecular flexibility index (Phi) is 8.72. The quantitative estimate of drug-likeness (QED) is 0.396. The summed E-state index contributed by atoms with van der Waals surface area (Å²) in [6, 6.07) is 21.4. The largest absolute Gasteiger partial charge is 0.492 e. The number of carbonyl (C=O) groups is 1. The van der Waals surface area contributed by atoms with Gasteiger partial charge < -0.3 is 10.1 Å². The summed E-state index contributed by atoms with van der Waals surface area (Å²) in [6.45, 7) is 3.17. The van der Waals surface area contributed by atoms with Crippen molar-refractivity contribution in [2.45, 2.75) is 32.6 Å². The second-order valence-corrected chi connectivity index (χ2v) is 9.97. The molecule has 1 amide bonds. The lowest BCUT2D eigenvalue weighted by molar-refractivity contribution is -0.121. The maximum atomic E-state index is 12.4. The predicted octanol–water partition coefficient (Wildman–Crippen LogP) is 4.53. The molecule has 1 N–H and O–H groups in total. The van der Waals surface area contributed by atoms with Crippen molar-refractivity contribution in [3.8, 4) is 5.75 Å². The van der Waals surface area contributed by atoms with Gasteiger partial charge in [-0.05, 0) is 53.4 Å². The van der Waals surface area contributed by atoms with Crippen LogP contribution in [0.15, 0.2) is 66.7 Å². The van der Waals surface area contributed by atoms with Crippen LogP contribution < -0.4 is 14.4 Å². The SMILES string of the molecule is CCCc1ccc(OCCNC(=O)CCCN(c2ccc3ccccc3c2)S(C)(=O)=O)cc1. The molecule has 176 valence electrons. The lowest BCUT2D eigenvalue weighted by atomic mass is 10.1. The van der Waals surface area contributed by atoms with Crippen molar-refractivity contribution >= 4 is 32.4 Å². The van der Waals surface area contributed by atoms with Crippen molar-refractivity contribution in [1.82, 2.24) is 5.32 Å². The van der Waals surface area contributed by atoms with Crippen LogP contribution >= 0.6 is 0 Å². The molecule has 33 heavy (non-hydrogen) atoms. The van der Waals surface area contributed by atoms with Crippen LogP contribution in [0.5, 0.6) is 5.75 Å². The minimum Gasteiger partial charge on any atom is -0.492 e. The topological polar surface area (TPSA) is 75.7 Å². The number of rotatable bonds is 12. The van der Waals surface area contributed by atoms with Crippen molar-refractivity contribution in [3.05, 3.63) is 72.3 Å². The Hall–Kier alpha value is -3.06. The Morgan fingerprint density at radius 2 is 1.73 bits per heavy atom. The molecular formula is C26H32N2O4S.